The molecule has 0 saturated heterocycles. The Morgan fingerprint density at radius 3 is 2.40 bits per heavy atom. The largest absolute Gasteiger partial charge is 0.481 e. The van der Waals surface area contributed by atoms with Crippen LogP contribution in [0.3, 0.4) is 0 Å². The first kappa shape index (κ1) is 22.4. The fourth-order valence-electron chi connectivity index (χ4n) is 2.62. The van der Waals surface area contributed by atoms with E-state index in [0.29, 0.717) is 11.1 Å². The van der Waals surface area contributed by atoms with E-state index in [9.17, 15) is 18.8 Å². The van der Waals surface area contributed by atoms with Crippen LogP contribution in [0, 0.1) is 12.7 Å². The van der Waals surface area contributed by atoms with Crippen molar-refractivity contribution in [3.63, 3.8) is 0 Å². The first-order chi connectivity index (χ1) is 14.3. The van der Waals surface area contributed by atoms with Crippen LogP contribution in [0.15, 0.2) is 47.6 Å². The van der Waals surface area contributed by atoms with Crippen LogP contribution in [0.1, 0.15) is 38.3 Å². The number of azide groups is 1. The molecule has 30 heavy (non-hydrogen) atoms. The number of nitrogens with zero attached hydrogens (tertiary/aromatic N) is 3. The van der Waals surface area contributed by atoms with Crippen molar-refractivity contribution in [2.45, 2.75) is 25.9 Å². The zero-order valence-corrected chi connectivity index (χ0v) is 16.1. The number of halogens is 1. The monoisotopic (exact) mass is 413 g/mol. The highest BCUT2D eigenvalue weighted by Gasteiger charge is 2.16. The zero-order chi connectivity index (χ0) is 22.1. The van der Waals surface area contributed by atoms with E-state index in [1.54, 1.807) is 19.1 Å². The zero-order valence-electron chi connectivity index (χ0n) is 16.1. The third kappa shape index (κ3) is 6.61. The van der Waals surface area contributed by atoms with Gasteiger partial charge in [-0.05, 0) is 53.9 Å². The maximum Gasteiger partial charge on any atom is 0.305 e. The Balaban J connectivity index is 1.95. The summed E-state index contributed by atoms with van der Waals surface area (Å²) >= 11 is 0. The van der Waals surface area contributed by atoms with E-state index in [1.807, 2.05) is 0 Å². The quantitative estimate of drug-likeness (QED) is 0.330. The highest BCUT2D eigenvalue weighted by Crippen LogP contribution is 2.10. The summed E-state index contributed by atoms with van der Waals surface area (Å²) in [6, 6.07) is 9.61. The molecule has 9 nitrogen and oxygen atoms in total. The molecule has 2 amide bonds. The molecule has 0 spiro atoms. The van der Waals surface area contributed by atoms with Crippen LogP contribution in [0.25, 0.3) is 10.4 Å². The second kappa shape index (κ2) is 10.6. The number of benzene rings is 2. The second-order valence-corrected chi connectivity index (χ2v) is 6.53. The molecule has 0 aromatic heterocycles. The third-order valence-electron chi connectivity index (χ3n) is 4.21. The van der Waals surface area contributed by atoms with Gasteiger partial charge in [-0.15, -0.1) is 0 Å². The van der Waals surface area contributed by atoms with Gasteiger partial charge in [0.2, 0.25) is 0 Å². The molecule has 0 aliphatic heterocycles. The highest BCUT2D eigenvalue weighted by atomic mass is 19.1. The lowest BCUT2D eigenvalue weighted by molar-refractivity contribution is -0.137. The maximum absolute atomic E-state index is 13.3. The van der Waals surface area contributed by atoms with E-state index in [-0.39, 0.29) is 36.8 Å². The van der Waals surface area contributed by atoms with Crippen molar-refractivity contribution in [1.82, 2.24) is 10.6 Å². The minimum Gasteiger partial charge on any atom is -0.481 e. The summed E-state index contributed by atoms with van der Waals surface area (Å²) in [6.07, 6.45) is -0.377. The summed E-state index contributed by atoms with van der Waals surface area (Å²) in [5, 5.41) is 17.4. The first-order valence-corrected chi connectivity index (χ1v) is 8.97. The van der Waals surface area contributed by atoms with Gasteiger partial charge >= 0.3 is 5.97 Å². The average Bonchev–Trinajstić information content (AvgIpc) is 2.72. The van der Waals surface area contributed by atoms with Crippen LogP contribution >= 0.6 is 0 Å². The summed E-state index contributed by atoms with van der Waals surface area (Å²) in [7, 11) is 0. The van der Waals surface area contributed by atoms with Gasteiger partial charge in [-0.1, -0.05) is 17.2 Å². The van der Waals surface area contributed by atoms with Crippen LogP contribution < -0.4 is 10.6 Å². The average molecular weight is 413 g/mol. The lowest BCUT2D eigenvalue weighted by atomic mass is 10.1. The van der Waals surface area contributed by atoms with Gasteiger partial charge in [-0.2, -0.15) is 0 Å². The molecular formula is C20H20FN5O4. The van der Waals surface area contributed by atoms with Crippen molar-refractivity contribution in [2.75, 3.05) is 6.54 Å². The number of hydrogen-bond acceptors (Lipinski definition) is 4. The normalized spacial score (nSPS) is 11.1. The summed E-state index contributed by atoms with van der Waals surface area (Å²) in [5.41, 5.74) is 10.1. The van der Waals surface area contributed by atoms with E-state index in [1.165, 1.54) is 30.3 Å². The highest BCUT2D eigenvalue weighted by molar-refractivity contribution is 5.95. The number of aryl methyl sites for hydroxylation is 1. The number of carboxylic acid groups (broad SMARTS) is 1. The molecule has 1 atom stereocenters. The molecule has 2 rings (SSSR count). The van der Waals surface area contributed by atoms with E-state index >= 15 is 0 Å². The molecular weight excluding hydrogens is 393 g/mol. The molecule has 0 heterocycles. The molecule has 0 bridgehead atoms. The van der Waals surface area contributed by atoms with Gasteiger partial charge in [0, 0.05) is 35.2 Å². The minimum atomic E-state index is -1.13. The number of rotatable bonds is 9. The number of carbonyl (C=O) groups excluding carboxylic acids is 2. The summed E-state index contributed by atoms with van der Waals surface area (Å²) in [4.78, 5) is 37.9. The number of nitrogens with one attached hydrogen (secondary N) is 2. The second-order valence-electron chi connectivity index (χ2n) is 6.53. The first-order valence-electron chi connectivity index (χ1n) is 8.97. The Kier molecular flexibility index (Phi) is 7.90. The molecule has 0 aliphatic carbocycles. The van der Waals surface area contributed by atoms with Crippen molar-refractivity contribution in [2.24, 2.45) is 5.11 Å². The van der Waals surface area contributed by atoms with Crippen LogP contribution in [0.4, 0.5) is 4.39 Å². The lowest BCUT2D eigenvalue weighted by Crippen LogP contribution is -2.38. The van der Waals surface area contributed by atoms with Crippen molar-refractivity contribution in [3.05, 3.63) is 81.0 Å². The van der Waals surface area contributed by atoms with Gasteiger partial charge in [0.05, 0.1) is 6.42 Å². The van der Waals surface area contributed by atoms with Gasteiger partial charge < -0.3 is 15.7 Å². The van der Waals surface area contributed by atoms with E-state index in [2.05, 4.69) is 20.7 Å². The molecule has 0 fully saturated rings. The predicted molar refractivity (Wildman–Crippen MR) is 106 cm³/mol. The molecule has 0 aliphatic rings. The number of carboxylic acids is 1. The topological polar surface area (TPSA) is 144 Å². The van der Waals surface area contributed by atoms with Gasteiger partial charge in [0.25, 0.3) is 11.8 Å². The molecule has 0 saturated carbocycles. The van der Waals surface area contributed by atoms with Crippen molar-refractivity contribution >= 4 is 17.8 Å². The fourth-order valence-corrected chi connectivity index (χ4v) is 2.62. The van der Waals surface area contributed by atoms with Gasteiger partial charge in [-0.3, -0.25) is 14.4 Å². The van der Waals surface area contributed by atoms with Crippen LogP contribution in [-0.2, 0) is 11.3 Å². The molecule has 2 aromatic rings. The standard InChI is InChI=1S/C20H20FN5O4/c1-12-8-15(6-7-17(12)21)19(29)23-10-13-2-4-14(5-3-13)20(30)25-16(9-18(27)28)11-24-26-22/h2-8,16H,9-11H2,1H3,(H,23,29)(H,25,30)(H,27,28)/t16-/m0/s1. The fraction of sp³-hybridized carbons (Fsp3) is 0.250. The van der Waals surface area contributed by atoms with Crippen LogP contribution in [-0.4, -0.2) is 35.5 Å². The van der Waals surface area contributed by atoms with E-state index < -0.39 is 17.9 Å². The Hall–Kier alpha value is -3.91. The van der Waals surface area contributed by atoms with E-state index in [4.69, 9.17) is 10.6 Å². The summed E-state index contributed by atoms with van der Waals surface area (Å²) in [6.45, 7) is 1.60. The molecule has 10 heteroatoms. The van der Waals surface area contributed by atoms with Crippen LogP contribution in [0.2, 0.25) is 0 Å². The Morgan fingerprint density at radius 1 is 1.13 bits per heavy atom. The number of carbonyl (C=O) groups is 3. The Morgan fingerprint density at radius 2 is 1.80 bits per heavy atom. The SMILES string of the molecule is Cc1cc(C(=O)NCc2ccc(C(=O)N[C@H](CN=[N+]=[N-])CC(=O)O)cc2)ccc1F. The molecule has 0 unspecified atom stereocenters. The molecule has 156 valence electrons. The predicted octanol–water partition coefficient (Wildman–Crippen LogP) is 2.95. The smallest absolute Gasteiger partial charge is 0.305 e. The molecule has 3 N–H and O–H groups in total. The Labute approximate surface area is 171 Å². The minimum absolute atomic E-state index is 0.179. The number of aliphatic carboxylic acids is 1. The number of amides is 2. The summed E-state index contributed by atoms with van der Waals surface area (Å²) in [5.74, 6) is -2.37. The van der Waals surface area contributed by atoms with Crippen molar-refractivity contribution in [1.29, 1.82) is 0 Å². The maximum atomic E-state index is 13.3. The summed E-state index contributed by atoms with van der Waals surface area (Å²) < 4.78 is 13.3. The van der Waals surface area contributed by atoms with Gasteiger partial charge in [0.15, 0.2) is 0 Å². The third-order valence-corrected chi connectivity index (χ3v) is 4.21. The van der Waals surface area contributed by atoms with Gasteiger partial charge in [0.1, 0.15) is 5.82 Å². The van der Waals surface area contributed by atoms with E-state index in [0.717, 1.165) is 5.56 Å². The lowest BCUT2D eigenvalue weighted by Gasteiger charge is -2.14. The van der Waals surface area contributed by atoms with Crippen molar-refractivity contribution < 1.29 is 23.9 Å². The number of hydrogen-bond donors (Lipinski definition) is 3. The van der Waals surface area contributed by atoms with Crippen LogP contribution in [0.5, 0.6) is 0 Å². The van der Waals surface area contributed by atoms with Crippen molar-refractivity contribution in [3.8, 4) is 0 Å². The molecule has 0 radical (unpaired) electrons. The van der Waals surface area contributed by atoms with Gasteiger partial charge in [-0.25, -0.2) is 4.39 Å². The molecule has 2 aromatic carbocycles. The Bertz CT molecular complexity index is 983.